The number of guanidine groups is 1. The molecule has 138 valence electrons. The number of nitrogens with one attached hydrogen (secondary N) is 1. The van der Waals surface area contributed by atoms with E-state index in [1.54, 1.807) is 7.11 Å². The van der Waals surface area contributed by atoms with Crippen LogP contribution < -0.4 is 10.1 Å². The molecule has 4 nitrogen and oxygen atoms in total. The van der Waals surface area contributed by atoms with Crippen molar-refractivity contribution in [3.05, 3.63) is 52.2 Å². The molecule has 2 rings (SSSR count). The number of aryl methyl sites for hydroxylation is 1. The van der Waals surface area contributed by atoms with Crippen LogP contribution in [0.4, 0.5) is 0 Å². The number of benzene rings is 1. The molecule has 1 aromatic heterocycles. The van der Waals surface area contributed by atoms with E-state index in [0.717, 1.165) is 44.1 Å². The first kappa shape index (κ1) is 21.8. The Morgan fingerprint density at radius 3 is 2.56 bits per heavy atom. The van der Waals surface area contributed by atoms with Crippen LogP contribution in [0.5, 0.6) is 5.75 Å². The number of rotatable bonds is 8. The molecule has 6 heteroatoms. The molecule has 1 heterocycles. The molecular weight excluding hydrogens is 445 g/mol. The Bertz CT molecular complexity index is 614. The van der Waals surface area contributed by atoms with Gasteiger partial charge in [0.2, 0.25) is 0 Å². The van der Waals surface area contributed by atoms with Gasteiger partial charge in [-0.1, -0.05) is 18.2 Å². The third kappa shape index (κ3) is 7.64. The van der Waals surface area contributed by atoms with Crippen LogP contribution >= 0.6 is 35.3 Å². The lowest BCUT2D eigenvalue weighted by molar-refractivity contribution is 0.414. The number of nitrogens with zero attached hydrogens (tertiary/aromatic N) is 2. The molecule has 0 atom stereocenters. The van der Waals surface area contributed by atoms with Gasteiger partial charge >= 0.3 is 0 Å². The molecule has 25 heavy (non-hydrogen) atoms. The maximum Gasteiger partial charge on any atom is 0.193 e. The van der Waals surface area contributed by atoms with Crippen molar-refractivity contribution in [3.8, 4) is 5.75 Å². The third-order valence-electron chi connectivity index (χ3n) is 3.93. The van der Waals surface area contributed by atoms with Crippen molar-refractivity contribution in [2.75, 3.05) is 34.3 Å². The monoisotopic (exact) mass is 473 g/mol. The number of aliphatic imine (C=N–C) groups is 1. The van der Waals surface area contributed by atoms with E-state index in [-0.39, 0.29) is 24.0 Å². The van der Waals surface area contributed by atoms with Gasteiger partial charge in [-0.05, 0) is 48.4 Å². The molecule has 2 aromatic rings. The Labute approximate surface area is 172 Å². The molecule has 0 aliphatic heterocycles. The molecule has 1 aromatic carbocycles. The van der Waals surface area contributed by atoms with Gasteiger partial charge in [0.15, 0.2) is 5.96 Å². The predicted molar refractivity (Wildman–Crippen MR) is 119 cm³/mol. The summed E-state index contributed by atoms with van der Waals surface area (Å²) in [5.41, 5.74) is 1.33. The predicted octanol–water partition coefficient (Wildman–Crippen LogP) is 4.06. The Kier molecular flexibility index (Phi) is 10.6. The van der Waals surface area contributed by atoms with Crippen molar-refractivity contribution < 1.29 is 4.74 Å². The zero-order chi connectivity index (χ0) is 17.2. The number of likely N-dealkylation sites (N-methyl/N-ethyl adjacent to an activating group) is 1. The largest absolute Gasteiger partial charge is 0.497 e. The van der Waals surface area contributed by atoms with Crippen LogP contribution in [0.3, 0.4) is 0 Å². The van der Waals surface area contributed by atoms with Crippen LogP contribution in [0.25, 0.3) is 0 Å². The first-order valence-electron chi connectivity index (χ1n) is 8.30. The Balaban J connectivity index is 0.00000312. The second-order valence-corrected chi connectivity index (χ2v) is 6.71. The lowest BCUT2D eigenvalue weighted by Crippen LogP contribution is -2.40. The highest BCUT2D eigenvalue weighted by atomic mass is 127. The van der Waals surface area contributed by atoms with E-state index < -0.39 is 0 Å². The van der Waals surface area contributed by atoms with Gasteiger partial charge in [0, 0.05) is 32.1 Å². The van der Waals surface area contributed by atoms with Crippen LogP contribution in [0.1, 0.15) is 16.9 Å². The lowest BCUT2D eigenvalue weighted by Gasteiger charge is -2.21. The average molecular weight is 473 g/mol. The molecule has 0 spiro atoms. The van der Waals surface area contributed by atoms with E-state index in [1.165, 1.54) is 10.4 Å². The van der Waals surface area contributed by atoms with Crippen LogP contribution in [0, 0.1) is 0 Å². The summed E-state index contributed by atoms with van der Waals surface area (Å²) in [6.07, 6.45) is 3.18. The molecule has 0 aliphatic carbocycles. The molecule has 0 amide bonds. The normalized spacial score (nSPS) is 10.9. The minimum absolute atomic E-state index is 0. The summed E-state index contributed by atoms with van der Waals surface area (Å²) in [5.74, 6) is 1.87. The van der Waals surface area contributed by atoms with Crippen molar-refractivity contribution in [2.45, 2.75) is 19.3 Å². The molecular formula is C19H28IN3OS. The van der Waals surface area contributed by atoms with Crippen LogP contribution in [0.2, 0.25) is 0 Å². The van der Waals surface area contributed by atoms with Gasteiger partial charge in [-0.25, -0.2) is 0 Å². The van der Waals surface area contributed by atoms with E-state index in [0.29, 0.717) is 0 Å². The smallest absolute Gasteiger partial charge is 0.193 e. The summed E-state index contributed by atoms with van der Waals surface area (Å²) in [6.45, 7) is 1.89. The zero-order valence-electron chi connectivity index (χ0n) is 15.2. The van der Waals surface area contributed by atoms with Gasteiger partial charge in [0.25, 0.3) is 0 Å². The highest BCUT2D eigenvalue weighted by Gasteiger charge is 2.06. The fourth-order valence-corrected chi connectivity index (χ4v) is 3.21. The molecule has 0 unspecified atom stereocenters. The number of hydrogen-bond donors (Lipinski definition) is 1. The molecule has 0 saturated heterocycles. The Morgan fingerprint density at radius 1 is 1.20 bits per heavy atom. The van der Waals surface area contributed by atoms with E-state index in [9.17, 15) is 0 Å². The maximum atomic E-state index is 5.18. The van der Waals surface area contributed by atoms with E-state index in [4.69, 9.17) is 4.74 Å². The first-order chi connectivity index (χ1) is 11.7. The van der Waals surface area contributed by atoms with Crippen molar-refractivity contribution in [3.63, 3.8) is 0 Å². The molecule has 1 N–H and O–H groups in total. The van der Waals surface area contributed by atoms with Crippen LogP contribution in [-0.4, -0.2) is 45.2 Å². The summed E-state index contributed by atoms with van der Waals surface area (Å²) in [7, 11) is 5.62. The lowest BCUT2D eigenvalue weighted by atomic mass is 10.1. The van der Waals surface area contributed by atoms with Gasteiger partial charge in [0.05, 0.1) is 7.11 Å². The fraction of sp³-hybridized carbons (Fsp3) is 0.421. The van der Waals surface area contributed by atoms with Crippen molar-refractivity contribution in [2.24, 2.45) is 4.99 Å². The van der Waals surface area contributed by atoms with Gasteiger partial charge < -0.3 is 15.0 Å². The van der Waals surface area contributed by atoms with Crippen molar-refractivity contribution in [1.29, 1.82) is 0 Å². The molecule has 0 saturated carbocycles. The van der Waals surface area contributed by atoms with Gasteiger partial charge in [-0.3, -0.25) is 4.99 Å². The number of halogens is 1. The number of ether oxygens (including phenoxy) is 1. The molecule has 0 fully saturated rings. The number of thiophene rings is 1. The van der Waals surface area contributed by atoms with Crippen LogP contribution in [-0.2, 0) is 12.8 Å². The van der Waals surface area contributed by atoms with E-state index >= 15 is 0 Å². The minimum Gasteiger partial charge on any atom is -0.497 e. The summed E-state index contributed by atoms with van der Waals surface area (Å²) in [6, 6.07) is 12.6. The van der Waals surface area contributed by atoms with Crippen molar-refractivity contribution >= 4 is 41.3 Å². The van der Waals surface area contributed by atoms with Gasteiger partial charge in [0.1, 0.15) is 5.75 Å². The van der Waals surface area contributed by atoms with Crippen LogP contribution in [0.15, 0.2) is 46.8 Å². The van der Waals surface area contributed by atoms with E-state index in [2.05, 4.69) is 51.9 Å². The first-order valence-corrected chi connectivity index (χ1v) is 9.18. The third-order valence-corrected chi connectivity index (χ3v) is 4.87. The fourth-order valence-electron chi connectivity index (χ4n) is 2.51. The average Bonchev–Trinajstić information content (AvgIpc) is 3.14. The minimum atomic E-state index is 0. The summed E-state index contributed by atoms with van der Waals surface area (Å²) >= 11 is 1.81. The SMILES string of the molecule is CN=C(NCCCc1ccc(OC)cc1)N(C)CCc1cccs1.I. The van der Waals surface area contributed by atoms with Gasteiger partial charge in [-0.2, -0.15) is 0 Å². The van der Waals surface area contributed by atoms with E-state index in [1.807, 2.05) is 30.5 Å². The standard InChI is InChI=1S/C19H27N3OS.HI/c1-20-19(22(2)14-12-18-7-5-15-24-18)21-13-4-6-16-8-10-17(23-3)11-9-16;/h5,7-11,15H,4,6,12-14H2,1-3H3,(H,20,21);1H. The zero-order valence-corrected chi connectivity index (χ0v) is 18.3. The van der Waals surface area contributed by atoms with Crippen molar-refractivity contribution in [1.82, 2.24) is 10.2 Å². The summed E-state index contributed by atoms with van der Waals surface area (Å²) in [4.78, 5) is 7.97. The Hall–Kier alpha value is -1.28. The maximum absolute atomic E-state index is 5.18. The summed E-state index contributed by atoms with van der Waals surface area (Å²) in [5, 5.41) is 5.57. The Morgan fingerprint density at radius 2 is 1.96 bits per heavy atom. The van der Waals surface area contributed by atoms with Gasteiger partial charge in [-0.15, -0.1) is 35.3 Å². The number of methoxy groups -OCH3 is 1. The molecule has 0 aliphatic rings. The quantitative estimate of drug-likeness (QED) is 0.272. The second kappa shape index (κ2) is 12.1. The molecule has 0 bridgehead atoms. The second-order valence-electron chi connectivity index (χ2n) is 5.68. The highest BCUT2D eigenvalue weighted by molar-refractivity contribution is 14.0. The number of hydrogen-bond acceptors (Lipinski definition) is 3. The summed E-state index contributed by atoms with van der Waals surface area (Å²) < 4.78 is 5.18. The molecule has 0 radical (unpaired) electrons. The highest BCUT2D eigenvalue weighted by Crippen LogP contribution is 2.12. The topological polar surface area (TPSA) is 36.9 Å².